The maximum absolute atomic E-state index is 5.38. The van der Waals surface area contributed by atoms with E-state index in [1.165, 1.54) is 0 Å². The lowest BCUT2D eigenvalue weighted by molar-refractivity contribution is 0.347. The van der Waals surface area contributed by atoms with Crippen LogP contribution in [-0.4, -0.2) is 29.0 Å². The van der Waals surface area contributed by atoms with Gasteiger partial charge >= 0.3 is 0 Å². The fourth-order valence-electron chi connectivity index (χ4n) is 1.93. The number of hydrogen-bond acceptors (Lipinski definition) is 4. The summed E-state index contributed by atoms with van der Waals surface area (Å²) in [5.41, 5.74) is 2.81. The Kier molecular flexibility index (Phi) is 4.09. The lowest BCUT2D eigenvalue weighted by Gasteiger charge is -2.12. The van der Waals surface area contributed by atoms with Crippen molar-refractivity contribution in [2.24, 2.45) is 0 Å². The maximum Gasteiger partial charge on any atom is 0.184 e. The molecule has 0 aliphatic rings. The average molecular weight is 326 g/mol. The van der Waals surface area contributed by atoms with E-state index < -0.39 is 0 Å². The van der Waals surface area contributed by atoms with Gasteiger partial charge in [-0.3, -0.25) is 9.67 Å². The summed E-state index contributed by atoms with van der Waals surface area (Å²) in [6.07, 6.45) is 1.71. The summed E-state index contributed by atoms with van der Waals surface area (Å²) in [6.45, 7) is 4.51. The van der Waals surface area contributed by atoms with E-state index in [1.54, 1.807) is 26.5 Å². The van der Waals surface area contributed by atoms with Crippen LogP contribution in [0.5, 0.6) is 11.5 Å². The summed E-state index contributed by atoms with van der Waals surface area (Å²) in [4.78, 5) is 4.35. The maximum atomic E-state index is 5.38. The third kappa shape index (κ3) is 2.58. The first kappa shape index (κ1) is 13.9. The number of aryl methyl sites for hydroxylation is 1. The van der Waals surface area contributed by atoms with Crippen LogP contribution in [0, 0.1) is 13.8 Å². The van der Waals surface area contributed by atoms with Crippen molar-refractivity contribution < 1.29 is 9.47 Å². The van der Waals surface area contributed by atoms with Crippen molar-refractivity contribution in [1.29, 1.82) is 0 Å². The summed E-state index contributed by atoms with van der Waals surface area (Å²) in [6, 6.07) is 1.78. The van der Waals surface area contributed by atoms with Gasteiger partial charge in [0.1, 0.15) is 5.69 Å². The monoisotopic (exact) mass is 325 g/mol. The number of methoxy groups -OCH3 is 2. The van der Waals surface area contributed by atoms with Crippen LogP contribution in [0.4, 0.5) is 0 Å². The van der Waals surface area contributed by atoms with Gasteiger partial charge < -0.3 is 9.47 Å². The van der Waals surface area contributed by atoms with E-state index >= 15 is 0 Å². The lowest BCUT2D eigenvalue weighted by atomic mass is 10.3. The number of halogens is 1. The Balaban J connectivity index is 2.40. The molecule has 102 valence electrons. The Morgan fingerprint density at radius 2 is 2.00 bits per heavy atom. The van der Waals surface area contributed by atoms with Crippen LogP contribution in [0.3, 0.4) is 0 Å². The topological polar surface area (TPSA) is 49.2 Å². The molecule has 0 N–H and O–H groups in total. The molecular formula is C13H16BrN3O2. The van der Waals surface area contributed by atoms with E-state index in [9.17, 15) is 0 Å². The van der Waals surface area contributed by atoms with Crippen molar-refractivity contribution in [2.45, 2.75) is 20.4 Å². The highest BCUT2D eigenvalue weighted by atomic mass is 79.9. The molecule has 2 aromatic rings. The summed E-state index contributed by atoms with van der Waals surface area (Å²) in [7, 11) is 3.22. The molecule has 0 saturated carbocycles. The SMILES string of the molecule is COc1ccnc(Cn2nc(C)c(Br)c2C)c1OC. The first-order valence-electron chi connectivity index (χ1n) is 5.83. The summed E-state index contributed by atoms with van der Waals surface area (Å²) in [5, 5.41) is 4.47. The van der Waals surface area contributed by atoms with Crippen molar-refractivity contribution in [3.63, 3.8) is 0 Å². The molecule has 0 aromatic carbocycles. The molecule has 0 aliphatic carbocycles. The average Bonchev–Trinajstić information content (AvgIpc) is 2.66. The van der Waals surface area contributed by atoms with Crippen LogP contribution in [0.2, 0.25) is 0 Å². The van der Waals surface area contributed by atoms with Gasteiger partial charge in [-0.2, -0.15) is 5.10 Å². The number of hydrogen-bond donors (Lipinski definition) is 0. The Labute approximate surface area is 120 Å². The molecule has 19 heavy (non-hydrogen) atoms. The highest BCUT2D eigenvalue weighted by Gasteiger charge is 2.15. The van der Waals surface area contributed by atoms with Crippen molar-refractivity contribution in [3.05, 3.63) is 33.8 Å². The predicted octanol–water partition coefficient (Wildman–Crippen LogP) is 2.72. The van der Waals surface area contributed by atoms with Gasteiger partial charge in [-0.1, -0.05) is 0 Å². The summed E-state index contributed by atoms with van der Waals surface area (Å²) < 4.78 is 13.6. The molecule has 0 atom stereocenters. The molecule has 6 heteroatoms. The van der Waals surface area contributed by atoms with Crippen molar-refractivity contribution >= 4 is 15.9 Å². The first-order valence-corrected chi connectivity index (χ1v) is 6.63. The third-order valence-electron chi connectivity index (χ3n) is 2.96. The van der Waals surface area contributed by atoms with Crippen LogP contribution in [0.25, 0.3) is 0 Å². The molecule has 0 aliphatic heterocycles. The summed E-state index contributed by atoms with van der Waals surface area (Å²) in [5.74, 6) is 1.32. The van der Waals surface area contributed by atoms with E-state index in [0.717, 1.165) is 21.6 Å². The second-order valence-electron chi connectivity index (χ2n) is 4.14. The second kappa shape index (κ2) is 5.61. The Morgan fingerprint density at radius 3 is 2.53 bits per heavy atom. The molecule has 0 saturated heterocycles. The van der Waals surface area contributed by atoms with E-state index in [0.29, 0.717) is 18.0 Å². The fourth-order valence-corrected chi connectivity index (χ4v) is 2.22. The molecular weight excluding hydrogens is 310 g/mol. The van der Waals surface area contributed by atoms with Crippen LogP contribution in [0.15, 0.2) is 16.7 Å². The number of nitrogens with zero attached hydrogens (tertiary/aromatic N) is 3. The van der Waals surface area contributed by atoms with Gasteiger partial charge in [0.2, 0.25) is 0 Å². The molecule has 2 aromatic heterocycles. The standard InChI is InChI=1S/C13H16BrN3O2/c1-8-12(14)9(2)17(16-8)7-10-13(19-4)11(18-3)5-6-15-10/h5-6H,7H2,1-4H3. The zero-order valence-corrected chi connectivity index (χ0v) is 13.0. The fraction of sp³-hybridized carbons (Fsp3) is 0.385. The molecule has 2 rings (SSSR count). The first-order chi connectivity index (χ1) is 9.08. The Morgan fingerprint density at radius 1 is 1.26 bits per heavy atom. The van der Waals surface area contributed by atoms with E-state index in [4.69, 9.17) is 9.47 Å². The predicted molar refractivity (Wildman–Crippen MR) is 75.8 cm³/mol. The lowest BCUT2D eigenvalue weighted by Crippen LogP contribution is -2.08. The normalized spacial score (nSPS) is 10.6. The van der Waals surface area contributed by atoms with Crippen molar-refractivity contribution in [2.75, 3.05) is 14.2 Å². The van der Waals surface area contributed by atoms with Crippen LogP contribution < -0.4 is 9.47 Å². The summed E-state index contributed by atoms with van der Waals surface area (Å²) >= 11 is 3.52. The van der Waals surface area contributed by atoms with E-state index in [1.807, 2.05) is 18.5 Å². The van der Waals surface area contributed by atoms with Crippen molar-refractivity contribution in [1.82, 2.24) is 14.8 Å². The smallest absolute Gasteiger partial charge is 0.184 e. The number of aromatic nitrogens is 3. The molecule has 0 radical (unpaired) electrons. The second-order valence-corrected chi connectivity index (χ2v) is 4.93. The van der Waals surface area contributed by atoms with Gasteiger partial charge in [-0.25, -0.2) is 0 Å². The molecule has 0 amide bonds. The number of pyridine rings is 1. The molecule has 5 nitrogen and oxygen atoms in total. The number of rotatable bonds is 4. The highest BCUT2D eigenvalue weighted by molar-refractivity contribution is 9.10. The zero-order valence-electron chi connectivity index (χ0n) is 11.4. The third-order valence-corrected chi connectivity index (χ3v) is 4.11. The van der Waals surface area contributed by atoms with Crippen LogP contribution in [-0.2, 0) is 6.54 Å². The van der Waals surface area contributed by atoms with E-state index in [2.05, 4.69) is 26.0 Å². The van der Waals surface area contributed by atoms with Gasteiger partial charge in [0.25, 0.3) is 0 Å². The molecule has 0 unspecified atom stereocenters. The van der Waals surface area contributed by atoms with Gasteiger partial charge in [-0.15, -0.1) is 0 Å². The minimum Gasteiger partial charge on any atom is -0.493 e. The van der Waals surface area contributed by atoms with Crippen LogP contribution >= 0.6 is 15.9 Å². The van der Waals surface area contributed by atoms with E-state index in [-0.39, 0.29) is 0 Å². The van der Waals surface area contributed by atoms with Crippen molar-refractivity contribution in [3.8, 4) is 11.5 Å². The van der Waals surface area contributed by atoms with Gasteiger partial charge in [0.05, 0.1) is 36.6 Å². The molecule has 0 spiro atoms. The van der Waals surface area contributed by atoms with Gasteiger partial charge in [0.15, 0.2) is 11.5 Å². The van der Waals surface area contributed by atoms with Gasteiger partial charge in [0, 0.05) is 12.3 Å². The van der Waals surface area contributed by atoms with Gasteiger partial charge in [-0.05, 0) is 29.8 Å². The minimum absolute atomic E-state index is 0.540. The Hall–Kier alpha value is -1.56. The highest BCUT2D eigenvalue weighted by Crippen LogP contribution is 2.30. The zero-order chi connectivity index (χ0) is 14.0. The molecule has 0 bridgehead atoms. The van der Waals surface area contributed by atoms with Crippen LogP contribution in [0.1, 0.15) is 17.1 Å². The largest absolute Gasteiger partial charge is 0.493 e. The molecule has 2 heterocycles. The quantitative estimate of drug-likeness (QED) is 0.867. The Bertz CT molecular complexity index is 596. The minimum atomic E-state index is 0.540. The number of ether oxygens (including phenoxy) is 2. The molecule has 0 fully saturated rings.